The lowest BCUT2D eigenvalue weighted by Crippen LogP contribution is -2.13. The largest absolute Gasteiger partial charge is 0.490 e. The Morgan fingerprint density at radius 2 is 1.92 bits per heavy atom. The molecule has 0 aliphatic carbocycles. The van der Waals surface area contributed by atoms with Crippen molar-refractivity contribution in [3.8, 4) is 17.6 Å². The average Bonchev–Trinajstić information content (AvgIpc) is 2.86. The number of nitrogens with zero attached hydrogens (tertiary/aromatic N) is 1. The van der Waals surface area contributed by atoms with Crippen molar-refractivity contribution in [2.24, 2.45) is 0 Å². The molecule has 3 aromatic rings. The van der Waals surface area contributed by atoms with Gasteiger partial charge in [0.15, 0.2) is 11.5 Å². The van der Waals surface area contributed by atoms with E-state index in [0.29, 0.717) is 47.4 Å². The average molecular weight is 586 g/mol. The zero-order valence-electron chi connectivity index (χ0n) is 19.5. The number of carbonyl (C=O) groups excluding carboxylic acids is 1. The van der Waals surface area contributed by atoms with Crippen LogP contribution in [-0.4, -0.2) is 12.5 Å². The van der Waals surface area contributed by atoms with Crippen molar-refractivity contribution in [1.29, 1.82) is 5.26 Å². The molecule has 0 aromatic heterocycles. The fraction of sp³-hybridized carbons (Fsp3) is 0.143. The van der Waals surface area contributed by atoms with Gasteiger partial charge in [-0.3, -0.25) is 4.79 Å². The SMILES string of the molecule is C=CCc1cc(/C=C(/C#N)C(=O)Nc2cccc(Cl)c2Cl)cc(OCC)c1OCc1ccc(Br)cc1. The topological polar surface area (TPSA) is 71.4 Å². The van der Waals surface area contributed by atoms with E-state index >= 15 is 0 Å². The predicted molar refractivity (Wildman–Crippen MR) is 149 cm³/mol. The minimum atomic E-state index is -0.611. The maximum atomic E-state index is 12.8. The number of halogens is 3. The number of hydrogen-bond acceptors (Lipinski definition) is 4. The number of carbonyl (C=O) groups is 1. The molecule has 0 spiro atoms. The molecule has 3 aromatic carbocycles. The first-order valence-electron chi connectivity index (χ1n) is 11.0. The van der Waals surface area contributed by atoms with Crippen LogP contribution in [0.3, 0.4) is 0 Å². The Bertz CT molecular complexity index is 1330. The molecule has 3 rings (SSSR count). The van der Waals surface area contributed by atoms with E-state index in [0.717, 1.165) is 15.6 Å². The number of benzene rings is 3. The minimum Gasteiger partial charge on any atom is -0.490 e. The van der Waals surface area contributed by atoms with Gasteiger partial charge < -0.3 is 14.8 Å². The molecule has 5 nitrogen and oxygen atoms in total. The molecule has 8 heteroatoms. The summed E-state index contributed by atoms with van der Waals surface area (Å²) in [5.41, 5.74) is 2.62. The lowest BCUT2D eigenvalue weighted by molar-refractivity contribution is -0.112. The van der Waals surface area contributed by atoms with Gasteiger partial charge in [-0.2, -0.15) is 5.26 Å². The third-order valence-corrected chi connectivity index (χ3v) is 6.34. The summed E-state index contributed by atoms with van der Waals surface area (Å²) in [6.07, 6.45) is 3.75. The summed E-state index contributed by atoms with van der Waals surface area (Å²) in [5.74, 6) is 0.488. The van der Waals surface area contributed by atoms with Gasteiger partial charge in [-0.25, -0.2) is 0 Å². The number of nitriles is 1. The highest BCUT2D eigenvalue weighted by Gasteiger charge is 2.16. The zero-order valence-corrected chi connectivity index (χ0v) is 22.6. The van der Waals surface area contributed by atoms with E-state index in [9.17, 15) is 10.1 Å². The predicted octanol–water partition coefficient (Wildman–Crippen LogP) is 8.01. The van der Waals surface area contributed by atoms with Crippen molar-refractivity contribution >= 4 is 56.8 Å². The fourth-order valence-corrected chi connectivity index (χ4v) is 3.95. The van der Waals surface area contributed by atoms with Gasteiger partial charge in [0.1, 0.15) is 18.2 Å². The summed E-state index contributed by atoms with van der Waals surface area (Å²) in [5, 5.41) is 12.8. The first-order chi connectivity index (χ1) is 17.4. The first-order valence-corrected chi connectivity index (χ1v) is 12.6. The van der Waals surface area contributed by atoms with Crippen LogP contribution < -0.4 is 14.8 Å². The van der Waals surface area contributed by atoms with E-state index in [1.165, 1.54) is 6.08 Å². The van der Waals surface area contributed by atoms with Crippen LogP contribution in [0.2, 0.25) is 10.0 Å². The monoisotopic (exact) mass is 584 g/mol. The second kappa shape index (κ2) is 13.2. The van der Waals surface area contributed by atoms with Gasteiger partial charge in [0, 0.05) is 10.0 Å². The van der Waals surface area contributed by atoms with Crippen molar-refractivity contribution < 1.29 is 14.3 Å². The van der Waals surface area contributed by atoms with E-state index in [-0.39, 0.29) is 10.6 Å². The Hall–Kier alpha value is -3.24. The van der Waals surface area contributed by atoms with Crippen LogP contribution in [0.15, 0.2) is 77.3 Å². The summed E-state index contributed by atoms with van der Waals surface area (Å²) >= 11 is 15.6. The van der Waals surface area contributed by atoms with Gasteiger partial charge in [0.05, 0.1) is 22.3 Å². The summed E-state index contributed by atoms with van der Waals surface area (Å²) in [4.78, 5) is 12.8. The molecule has 0 fully saturated rings. The van der Waals surface area contributed by atoms with Gasteiger partial charge in [-0.05, 0) is 66.9 Å². The van der Waals surface area contributed by atoms with Crippen LogP contribution in [0.4, 0.5) is 5.69 Å². The number of hydrogen-bond donors (Lipinski definition) is 1. The Balaban J connectivity index is 1.94. The third kappa shape index (κ3) is 7.14. The first kappa shape index (κ1) is 27.3. The molecule has 0 radical (unpaired) electrons. The number of rotatable bonds is 10. The molecular weight excluding hydrogens is 563 g/mol. The van der Waals surface area contributed by atoms with Gasteiger partial charge in [-0.15, -0.1) is 6.58 Å². The molecule has 0 aliphatic heterocycles. The maximum Gasteiger partial charge on any atom is 0.266 e. The van der Waals surface area contributed by atoms with Crippen molar-refractivity contribution in [3.05, 3.63) is 104 Å². The fourth-order valence-electron chi connectivity index (χ4n) is 3.34. The molecule has 0 bridgehead atoms. The normalized spacial score (nSPS) is 10.9. The van der Waals surface area contributed by atoms with Crippen LogP contribution >= 0.6 is 39.1 Å². The third-order valence-electron chi connectivity index (χ3n) is 4.99. The Morgan fingerprint density at radius 1 is 1.17 bits per heavy atom. The highest BCUT2D eigenvalue weighted by atomic mass is 79.9. The lowest BCUT2D eigenvalue weighted by atomic mass is 10.0. The van der Waals surface area contributed by atoms with Crippen molar-refractivity contribution in [2.75, 3.05) is 11.9 Å². The molecular formula is C28H23BrCl2N2O3. The number of amides is 1. The van der Waals surface area contributed by atoms with Crippen molar-refractivity contribution in [1.82, 2.24) is 0 Å². The van der Waals surface area contributed by atoms with Crippen LogP contribution in [0.25, 0.3) is 6.08 Å². The van der Waals surface area contributed by atoms with Gasteiger partial charge in [0.2, 0.25) is 0 Å². The Kier molecular flexibility index (Phi) is 10.0. The molecule has 0 atom stereocenters. The quantitative estimate of drug-likeness (QED) is 0.149. The van der Waals surface area contributed by atoms with Crippen molar-refractivity contribution in [2.45, 2.75) is 20.0 Å². The van der Waals surface area contributed by atoms with Gasteiger partial charge in [0.25, 0.3) is 5.91 Å². The van der Waals surface area contributed by atoms with E-state index in [1.54, 1.807) is 30.3 Å². The zero-order chi connectivity index (χ0) is 26.1. The van der Waals surface area contributed by atoms with E-state index < -0.39 is 5.91 Å². The second-order valence-corrected chi connectivity index (χ2v) is 9.27. The molecule has 0 saturated heterocycles. The van der Waals surface area contributed by atoms with E-state index in [4.69, 9.17) is 32.7 Å². The van der Waals surface area contributed by atoms with E-state index in [1.807, 2.05) is 43.3 Å². The van der Waals surface area contributed by atoms with Crippen LogP contribution in [0, 0.1) is 11.3 Å². The maximum absolute atomic E-state index is 12.8. The number of nitrogens with one attached hydrogen (secondary N) is 1. The molecule has 0 heterocycles. The second-order valence-electron chi connectivity index (χ2n) is 7.57. The molecule has 0 unspecified atom stereocenters. The Morgan fingerprint density at radius 3 is 2.58 bits per heavy atom. The number of allylic oxidation sites excluding steroid dienone is 1. The van der Waals surface area contributed by atoms with Gasteiger partial charge >= 0.3 is 0 Å². The summed E-state index contributed by atoms with van der Waals surface area (Å²) in [7, 11) is 0. The number of anilines is 1. The highest BCUT2D eigenvalue weighted by molar-refractivity contribution is 9.10. The summed E-state index contributed by atoms with van der Waals surface area (Å²) in [6.45, 7) is 6.47. The molecule has 1 amide bonds. The summed E-state index contributed by atoms with van der Waals surface area (Å²) in [6, 6.07) is 18.2. The van der Waals surface area contributed by atoms with Crippen LogP contribution in [-0.2, 0) is 17.8 Å². The molecule has 0 aliphatic rings. The minimum absolute atomic E-state index is 0.110. The molecule has 184 valence electrons. The highest BCUT2D eigenvalue weighted by Crippen LogP contribution is 2.36. The smallest absolute Gasteiger partial charge is 0.266 e. The molecule has 36 heavy (non-hydrogen) atoms. The van der Waals surface area contributed by atoms with Gasteiger partial charge in [-0.1, -0.05) is 63.4 Å². The molecule has 0 saturated carbocycles. The van der Waals surface area contributed by atoms with Crippen LogP contribution in [0.1, 0.15) is 23.6 Å². The summed E-state index contributed by atoms with van der Waals surface area (Å²) < 4.78 is 13.0. The van der Waals surface area contributed by atoms with Crippen LogP contribution in [0.5, 0.6) is 11.5 Å². The molecule has 1 N–H and O–H groups in total. The number of ether oxygens (including phenoxy) is 2. The Labute approximate surface area is 229 Å². The lowest BCUT2D eigenvalue weighted by Gasteiger charge is -2.17. The van der Waals surface area contributed by atoms with Crippen molar-refractivity contribution in [3.63, 3.8) is 0 Å². The van der Waals surface area contributed by atoms with E-state index in [2.05, 4.69) is 27.8 Å². The standard InChI is InChI=1S/C28H23BrCl2N2O3/c1-3-6-20-13-19(14-21(16-32)28(34)33-24-8-5-7-23(30)26(24)31)15-25(35-4-2)27(20)36-17-18-9-11-22(29)12-10-18/h3,5,7-15H,1,4,6,17H2,2H3,(H,33,34)/b21-14-.